The minimum atomic E-state index is 0.0191. The fourth-order valence-corrected chi connectivity index (χ4v) is 9.80. The predicted octanol–water partition coefficient (Wildman–Crippen LogP) is 13.8. The number of pyridine rings is 1. The van der Waals surface area contributed by atoms with Gasteiger partial charge in [-0.2, -0.15) is 4.57 Å². The third-order valence-corrected chi connectivity index (χ3v) is 12.8. The first kappa shape index (κ1) is 33.1. The first-order valence-electron chi connectivity index (χ1n) is 19.4. The second-order valence-corrected chi connectivity index (χ2v) is 15.1. The number of aromatic nitrogens is 1. The van der Waals surface area contributed by atoms with Gasteiger partial charge in [0.25, 0.3) is 0 Å². The number of hydrogen-bond donors (Lipinski definition) is 0. The van der Waals surface area contributed by atoms with Crippen molar-refractivity contribution in [1.29, 1.82) is 0 Å². The molecule has 0 N–H and O–H groups in total. The third kappa shape index (κ3) is 5.17. The molecule has 0 aliphatic carbocycles. The van der Waals surface area contributed by atoms with E-state index in [2.05, 4.69) is 202 Å². The van der Waals surface area contributed by atoms with Gasteiger partial charge < -0.3 is 0 Å². The SMILES string of the molecule is CCC1(C)c2ccc(-c3cccc(-c4cc(-c5cccc6ccccc56)cc(-c5cccc6ccccc56)c4)c3)cc2-c2cccc[n+]2C1(CC)CC. The van der Waals surface area contributed by atoms with Crippen molar-refractivity contribution in [3.63, 3.8) is 0 Å². The zero-order valence-electron chi connectivity index (χ0n) is 31.2. The van der Waals surface area contributed by atoms with E-state index in [9.17, 15) is 0 Å². The molecule has 0 amide bonds. The monoisotopic (exact) mass is 684 g/mol. The lowest BCUT2D eigenvalue weighted by atomic mass is 9.58. The van der Waals surface area contributed by atoms with E-state index in [-0.39, 0.29) is 11.0 Å². The molecule has 1 heteroatoms. The molecule has 8 aromatic rings. The van der Waals surface area contributed by atoms with Gasteiger partial charge in [-0.15, -0.1) is 0 Å². The number of benzene rings is 7. The van der Waals surface area contributed by atoms with Gasteiger partial charge in [0.1, 0.15) is 0 Å². The van der Waals surface area contributed by atoms with Gasteiger partial charge >= 0.3 is 0 Å². The molecule has 1 aromatic heterocycles. The number of fused-ring (bicyclic) bond motifs is 5. The summed E-state index contributed by atoms with van der Waals surface area (Å²) < 4.78 is 2.60. The zero-order chi connectivity index (χ0) is 36.2. The van der Waals surface area contributed by atoms with Crippen molar-refractivity contribution in [1.82, 2.24) is 0 Å². The van der Waals surface area contributed by atoms with Crippen LogP contribution in [-0.2, 0) is 11.0 Å². The molecule has 2 heterocycles. The second-order valence-electron chi connectivity index (χ2n) is 15.1. The van der Waals surface area contributed by atoms with Crippen molar-refractivity contribution in [3.8, 4) is 55.8 Å². The van der Waals surface area contributed by atoms with E-state index < -0.39 is 0 Å². The summed E-state index contributed by atoms with van der Waals surface area (Å²) in [6.07, 6.45) is 5.60. The number of rotatable bonds is 7. The van der Waals surface area contributed by atoms with E-state index in [0.717, 1.165) is 19.3 Å². The maximum absolute atomic E-state index is 2.60. The molecule has 0 saturated heterocycles. The molecular formula is C52H46N+. The van der Waals surface area contributed by atoms with Gasteiger partial charge in [0, 0.05) is 25.0 Å². The summed E-state index contributed by atoms with van der Waals surface area (Å²) in [5, 5.41) is 5.05. The van der Waals surface area contributed by atoms with Crippen LogP contribution in [0.25, 0.3) is 77.3 Å². The van der Waals surface area contributed by atoms with Gasteiger partial charge in [0.15, 0.2) is 11.7 Å². The highest BCUT2D eigenvalue weighted by molar-refractivity contribution is 6.01. The Labute approximate surface area is 314 Å². The van der Waals surface area contributed by atoms with Crippen LogP contribution in [0.2, 0.25) is 0 Å². The average Bonchev–Trinajstić information content (AvgIpc) is 3.23. The molecule has 1 atom stereocenters. The quantitative estimate of drug-likeness (QED) is 0.147. The van der Waals surface area contributed by atoms with E-state index in [1.165, 1.54) is 82.9 Å². The Kier molecular flexibility index (Phi) is 8.12. The molecule has 1 unspecified atom stereocenters. The normalized spacial score (nSPS) is 16.0. The van der Waals surface area contributed by atoms with E-state index >= 15 is 0 Å². The van der Waals surface area contributed by atoms with Gasteiger partial charge in [0.2, 0.25) is 5.69 Å². The highest BCUT2D eigenvalue weighted by Gasteiger charge is 2.58. The molecule has 258 valence electrons. The molecule has 0 radical (unpaired) electrons. The Morgan fingerprint density at radius 3 is 1.55 bits per heavy atom. The number of nitrogens with zero attached hydrogens (tertiary/aromatic N) is 1. The Balaban J connectivity index is 1.22. The molecule has 0 spiro atoms. The highest BCUT2D eigenvalue weighted by atomic mass is 15.1. The van der Waals surface area contributed by atoms with E-state index in [1.54, 1.807) is 0 Å². The third-order valence-electron chi connectivity index (χ3n) is 12.8. The summed E-state index contributed by atoms with van der Waals surface area (Å²) in [5.74, 6) is 0. The van der Waals surface area contributed by atoms with Crippen molar-refractivity contribution in [2.75, 3.05) is 0 Å². The molecule has 1 aliphatic rings. The Bertz CT molecular complexity index is 2550. The van der Waals surface area contributed by atoms with Crippen molar-refractivity contribution in [2.45, 2.75) is 57.9 Å². The maximum atomic E-state index is 2.60. The van der Waals surface area contributed by atoms with E-state index in [0.29, 0.717) is 0 Å². The lowest BCUT2D eigenvalue weighted by molar-refractivity contribution is -0.769. The van der Waals surface area contributed by atoms with Crippen LogP contribution in [0.3, 0.4) is 0 Å². The van der Waals surface area contributed by atoms with Crippen molar-refractivity contribution in [3.05, 3.63) is 176 Å². The Hall–Kier alpha value is -5.79. The lowest BCUT2D eigenvalue weighted by Crippen LogP contribution is -2.68. The van der Waals surface area contributed by atoms with E-state index in [4.69, 9.17) is 0 Å². The summed E-state index contributed by atoms with van der Waals surface area (Å²) >= 11 is 0. The molecule has 1 aliphatic heterocycles. The van der Waals surface area contributed by atoms with Gasteiger partial charge in [-0.1, -0.05) is 136 Å². The summed E-state index contributed by atoms with van der Waals surface area (Å²) in [5.41, 5.74) is 14.1. The molecular weight excluding hydrogens is 639 g/mol. The molecule has 9 rings (SSSR count). The van der Waals surface area contributed by atoms with Crippen LogP contribution in [0.4, 0.5) is 0 Å². The van der Waals surface area contributed by atoms with Crippen LogP contribution in [0.1, 0.15) is 52.5 Å². The maximum Gasteiger partial charge on any atom is 0.213 e. The standard InChI is InChI=1S/C52H46N/c1-5-51(4)49-29-28-40(35-48(49)50-27-12-13-30-53(50)52(51,6-2)7-3)38-21-14-22-39(31-38)41-32-42(46-25-15-19-36-17-8-10-23-44(36)46)34-43(33-41)47-26-16-20-37-18-9-11-24-45(37)47/h8-35H,5-7H2,1-4H3/q+1. The van der Waals surface area contributed by atoms with Crippen molar-refractivity contribution in [2.24, 2.45) is 0 Å². The molecule has 7 aromatic carbocycles. The van der Waals surface area contributed by atoms with Crippen LogP contribution >= 0.6 is 0 Å². The molecule has 53 heavy (non-hydrogen) atoms. The summed E-state index contributed by atoms with van der Waals surface area (Å²) in [6, 6.07) is 61.1. The van der Waals surface area contributed by atoms with Crippen LogP contribution in [0, 0.1) is 0 Å². The van der Waals surface area contributed by atoms with Gasteiger partial charge in [-0.05, 0) is 121 Å². The smallest absolute Gasteiger partial charge is 0.192 e. The van der Waals surface area contributed by atoms with Crippen LogP contribution < -0.4 is 4.57 Å². The fourth-order valence-electron chi connectivity index (χ4n) is 9.80. The minimum absolute atomic E-state index is 0.0191. The number of hydrogen-bond acceptors (Lipinski definition) is 0. The fraction of sp³-hybridized carbons (Fsp3) is 0.173. The first-order chi connectivity index (χ1) is 26.0. The summed E-state index contributed by atoms with van der Waals surface area (Å²) in [4.78, 5) is 0. The molecule has 0 saturated carbocycles. The molecule has 0 bridgehead atoms. The predicted molar refractivity (Wildman–Crippen MR) is 225 cm³/mol. The average molecular weight is 685 g/mol. The van der Waals surface area contributed by atoms with Crippen LogP contribution in [0.5, 0.6) is 0 Å². The lowest BCUT2D eigenvalue weighted by Gasteiger charge is -2.47. The van der Waals surface area contributed by atoms with Crippen molar-refractivity contribution < 1.29 is 4.57 Å². The van der Waals surface area contributed by atoms with E-state index in [1.807, 2.05) is 0 Å². The Morgan fingerprint density at radius 1 is 0.415 bits per heavy atom. The second kappa shape index (κ2) is 13.0. The topological polar surface area (TPSA) is 3.88 Å². The van der Waals surface area contributed by atoms with Gasteiger partial charge in [0.05, 0.1) is 11.0 Å². The zero-order valence-corrected chi connectivity index (χ0v) is 31.2. The highest BCUT2D eigenvalue weighted by Crippen LogP contribution is 2.52. The minimum Gasteiger partial charge on any atom is -0.192 e. The van der Waals surface area contributed by atoms with Crippen molar-refractivity contribution >= 4 is 21.5 Å². The van der Waals surface area contributed by atoms with Crippen LogP contribution in [0.15, 0.2) is 170 Å². The largest absolute Gasteiger partial charge is 0.213 e. The van der Waals surface area contributed by atoms with Crippen LogP contribution in [-0.4, -0.2) is 0 Å². The molecule has 0 fully saturated rings. The Morgan fingerprint density at radius 2 is 0.925 bits per heavy atom. The first-order valence-corrected chi connectivity index (χ1v) is 19.4. The van der Waals surface area contributed by atoms with Gasteiger partial charge in [-0.3, -0.25) is 0 Å². The molecule has 1 nitrogen and oxygen atoms in total. The van der Waals surface area contributed by atoms with Gasteiger partial charge in [-0.25, -0.2) is 0 Å². The summed E-state index contributed by atoms with van der Waals surface area (Å²) in [6.45, 7) is 9.60. The summed E-state index contributed by atoms with van der Waals surface area (Å²) in [7, 11) is 0.